The summed E-state index contributed by atoms with van der Waals surface area (Å²) in [6.45, 7) is 2.98. The molecule has 208 valence electrons. The first-order chi connectivity index (χ1) is 19.3. The Morgan fingerprint density at radius 3 is 2.52 bits per heavy atom. The predicted molar refractivity (Wildman–Crippen MR) is 148 cm³/mol. The number of ketones is 1. The number of aromatic amines is 1. The van der Waals surface area contributed by atoms with Crippen LogP contribution in [0, 0.1) is 11.8 Å². The fraction of sp³-hybridized carbons (Fsp3) is 0.367. The summed E-state index contributed by atoms with van der Waals surface area (Å²) >= 11 is 0. The molecule has 10 heteroatoms. The third kappa shape index (κ3) is 5.90. The van der Waals surface area contributed by atoms with Crippen molar-refractivity contribution in [3.8, 4) is 0 Å². The van der Waals surface area contributed by atoms with Crippen molar-refractivity contribution in [3.05, 3.63) is 71.9 Å². The van der Waals surface area contributed by atoms with Crippen LogP contribution in [0.15, 0.2) is 60.7 Å². The number of H-pyrrole nitrogens is 1. The zero-order valence-corrected chi connectivity index (χ0v) is 22.3. The van der Waals surface area contributed by atoms with Gasteiger partial charge in [0, 0.05) is 36.5 Å². The van der Waals surface area contributed by atoms with Gasteiger partial charge >= 0.3 is 0 Å². The van der Waals surface area contributed by atoms with Crippen molar-refractivity contribution in [2.45, 2.75) is 44.8 Å². The molecule has 2 aromatic carbocycles. The van der Waals surface area contributed by atoms with Gasteiger partial charge in [0.15, 0.2) is 0 Å². The van der Waals surface area contributed by atoms with Gasteiger partial charge in [-0.15, -0.1) is 0 Å². The van der Waals surface area contributed by atoms with Crippen molar-refractivity contribution in [1.29, 1.82) is 0 Å². The van der Waals surface area contributed by atoms with E-state index in [-0.39, 0.29) is 30.7 Å². The molecule has 4 unspecified atom stereocenters. The molecule has 2 aliphatic heterocycles. The molecule has 0 radical (unpaired) electrons. The highest BCUT2D eigenvalue weighted by molar-refractivity contribution is 6.38. The van der Waals surface area contributed by atoms with Gasteiger partial charge in [-0.2, -0.15) is 0 Å². The minimum atomic E-state index is -1.20. The lowest BCUT2D eigenvalue weighted by atomic mass is 9.95. The van der Waals surface area contributed by atoms with Gasteiger partial charge in [0.25, 0.3) is 11.8 Å². The smallest absolute Gasteiger partial charge is 0.289 e. The molecule has 1 aromatic heterocycles. The van der Waals surface area contributed by atoms with Crippen LogP contribution < -0.4 is 16.0 Å². The van der Waals surface area contributed by atoms with E-state index in [0.29, 0.717) is 31.6 Å². The van der Waals surface area contributed by atoms with Crippen LogP contribution in [-0.2, 0) is 25.7 Å². The Bertz CT molecular complexity index is 1400. The van der Waals surface area contributed by atoms with Crippen LogP contribution >= 0.6 is 0 Å². The first-order valence-corrected chi connectivity index (χ1v) is 13.6. The largest absolute Gasteiger partial charge is 0.356 e. The van der Waals surface area contributed by atoms with Crippen LogP contribution in [0.2, 0.25) is 0 Å². The second kappa shape index (κ2) is 11.7. The molecule has 4 atom stereocenters. The quantitative estimate of drug-likeness (QED) is 0.305. The average Bonchev–Trinajstić information content (AvgIpc) is 3.69. The molecular formula is C30H33N5O5. The summed E-state index contributed by atoms with van der Waals surface area (Å²) in [7, 11) is 0. The number of aromatic nitrogens is 1. The Morgan fingerprint density at radius 1 is 1.05 bits per heavy atom. The van der Waals surface area contributed by atoms with E-state index in [1.54, 1.807) is 6.07 Å². The van der Waals surface area contributed by atoms with Crippen molar-refractivity contribution < 1.29 is 24.0 Å². The highest BCUT2D eigenvalue weighted by Gasteiger charge is 2.41. The van der Waals surface area contributed by atoms with E-state index in [9.17, 15) is 24.0 Å². The standard InChI is InChI=1S/C30H33N5O5/c1-18-13-25(35(17-18)30(40)24-14-20-9-5-6-10-22(20)33-24)28(38)34-23(15-21-11-12-31-27(21)37)26(36)29(39)32-16-19-7-3-2-4-8-19/h2-10,14,18,21,23,25,33H,11-13,15-17H2,1H3,(H,31,37)(H,32,39)(H,34,38). The molecule has 0 bridgehead atoms. The van der Waals surface area contributed by atoms with E-state index in [1.807, 2.05) is 61.5 Å². The second-order valence-corrected chi connectivity index (χ2v) is 10.7. The lowest BCUT2D eigenvalue weighted by molar-refractivity contribution is -0.141. The summed E-state index contributed by atoms with van der Waals surface area (Å²) in [5.41, 5.74) is 2.02. The Morgan fingerprint density at radius 2 is 1.80 bits per heavy atom. The number of carbonyl (C=O) groups is 5. The van der Waals surface area contributed by atoms with E-state index in [1.165, 1.54) is 4.90 Å². The van der Waals surface area contributed by atoms with Crippen molar-refractivity contribution in [2.75, 3.05) is 13.1 Å². The molecule has 40 heavy (non-hydrogen) atoms. The van der Waals surface area contributed by atoms with Crippen LogP contribution in [0.5, 0.6) is 0 Å². The third-order valence-electron chi connectivity index (χ3n) is 7.67. The molecule has 4 N–H and O–H groups in total. The Balaban J connectivity index is 1.31. The predicted octanol–water partition coefficient (Wildman–Crippen LogP) is 1.92. The SMILES string of the molecule is CC1CC(C(=O)NC(CC2CCNC2=O)C(=O)C(=O)NCc2ccccc2)N(C(=O)c2cc3ccccc3[nH]2)C1. The summed E-state index contributed by atoms with van der Waals surface area (Å²) in [6, 6.07) is 16.5. The second-order valence-electron chi connectivity index (χ2n) is 10.7. The maximum Gasteiger partial charge on any atom is 0.289 e. The normalized spacial score (nSPS) is 21.2. The molecule has 3 heterocycles. The van der Waals surface area contributed by atoms with E-state index in [2.05, 4.69) is 20.9 Å². The van der Waals surface area contributed by atoms with E-state index >= 15 is 0 Å². The van der Waals surface area contributed by atoms with Crippen molar-refractivity contribution >= 4 is 40.3 Å². The van der Waals surface area contributed by atoms with Crippen LogP contribution in [0.25, 0.3) is 10.9 Å². The molecule has 2 aliphatic rings. The Hall–Kier alpha value is -4.47. The van der Waals surface area contributed by atoms with Gasteiger partial charge in [0.2, 0.25) is 17.6 Å². The van der Waals surface area contributed by atoms with E-state index in [0.717, 1.165) is 16.5 Å². The zero-order valence-electron chi connectivity index (χ0n) is 22.3. The highest BCUT2D eigenvalue weighted by Crippen LogP contribution is 2.27. The van der Waals surface area contributed by atoms with Crippen LogP contribution in [0.1, 0.15) is 42.2 Å². The van der Waals surface area contributed by atoms with Crippen LogP contribution in [0.4, 0.5) is 0 Å². The number of fused-ring (bicyclic) bond motifs is 1. The molecule has 2 fully saturated rings. The number of carbonyl (C=O) groups excluding carboxylic acids is 5. The van der Waals surface area contributed by atoms with Gasteiger partial charge in [-0.05, 0) is 42.9 Å². The van der Waals surface area contributed by atoms with Gasteiger partial charge in [-0.3, -0.25) is 24.0 Å². The van der Waals surface area contributed by atoms with Gasteiger partial charge in [0.05, 0.1) is 6.04 Å². The number of likely N-dealkylation sites (tertiary alicyclic amines) is 1. The van der Waals surface area contributed by atoms with Crippen molar-refractivity contribution in [3.63, 3.8) is 0 Å². The number of nitrogens with zero attached hydrogens (tertiary/aromatic N) is 1. The summed E-state index contributed by atoms with van der Waals surface area (Å²) in [5.74, 6) is -3.11. The monoisotopic (exact) mass is 543 g/mol. The Kier molecular flexibility index (Phi) is 7.95. The lowest BCUT2D eigenvalue weighted by Gasteiger charge is -2.26. The van der Waals surface area contributed by atoms with Crippen molar-refractivity contribution in [2.24, 2.45) is 11.8 Å². The molecule has 0 saturated carbocycles. The number of hydrogen-bond donors (Lipinski definition) is 4. The molecule has 2 saturated heterocycles. The molecule has 0 aliphatic carbocycles. The summed E-state index contributed by atoms with van der Waals surface area (Å²) in [6.07, 6.45) is 0.936. The minimum Gasteiger partial charge on any atom is -0.356 e. The van der Waals surface area contributed by atoms with E-state index < -0.39 is 35.6 Å². The number of benzene rings is 2. The summed E-state index contributed by atoms with van der Waals surface area (Å²) < 4.78 is 0. The number of Topliss-reactive ketones (excluding diaryl/α,β-unsaturated/α-hetero) is 1. The average molecular weight is 544 g/mol. The highest BCUT2D eigenvalue weighted by atomic mass is 16.2. The van der Waals surface area contributed by atoms with E-state index in [4.69, 9.17) is 0 Å². The molecule has 5 rings (SSSR count). The number of nitrogens with one attached hydrogen (secondary N) is 4. The fourth-order valence-corrected chi connectivity index (χ4v) is 5.54. The first kappa shape index (κ1) is 27.1. The summed E-state index contributed by atoms with van der Waals surface area (Å²) in [4.78, 5) is 70.1. The van der Waals surface area contributed by atoms with Crippen LogP contribution in [0.3, 0.4) is 0 Å². The van der Waals surface area contributed by atoms with Gasteiger partial charge in [-0.1, -0.05) is 55.5 Å². The van der Waals surface area contributed by atoms with Crippen molar-refractivity contribution in [1.82, 2.24) is 25.8 Å². The van der Waals surface area contributed by atoms with Gasteiger partial charge in [-0.25, -0.2) is 0 Å². The molecule has 0 spiro atoms. The molecule has 4 amide bonds. The Labute approximate surface area is 231 Å². The zero-order chi connectivity index (χ0) is 28.2. The summed E-state index contributed by atoms with van der Waals surface area (Å²) in [5, 5.41) is 8.98. The number of amides is 4. The first-order valence-electron chi connectivity index (χ1n) is 13.6. The van der Waals surface area contributed by atoms with Gasteiger partial charge in [0.1, 0.15) is 11.7 Å². The number of para-hydroxylation sites is 1. The molecular weight excluding hydrogens is 510 g/mol. The molecule has 3 aromatic rings. The molecule has 10 nitrogen and oxygen atoms in total. The fourth-order valence-electron chi connectivity index (χ4n) is 5.54. The maximum absolute atomic E-state index is 13.6. The third-order valence-corrected chi connectivity index (χ3v) is 7.67. The topological polar surface area (TPSA) is 140 Å². The lowest BCUT2D eigenvalue weighted by Crippen LogP contribution is -2.54. The minimum absolute atomic E-state index is 0.00734. The number of rotatable bonds is 9. The van der Waals surface area contributed by atoms with Crippen LogP contribution in [-0.4, -0.2) is 64.5 Å². The maximum atomic E-state index is 13.6. The van der Waals surface area contributed by atoms with Gasteiger partial charge < -0.3 is 25.8 Å². The number of hydrogen-bond acceptors (Lipinski definition) is 5.